The standard InChI is InChI=1S/C25H21NO3/c1-28-22-12-8-18(9-13-22)21-16-24(19-10-14-23(29-2)15-11-19)26(17-21)25(27)20-6-4-3-5-7-20/h3-17H,1-2H3. The Morgan fingerprint density at radius 3 is 1.79 bits per heavy atom. The molecule has 4 nitrogen and oxygen atoms in total. The summed E-state index contributed by atoms with van der Waals surface area (Å²) in [5, 5.41) is 0. The Morgan fingerprint density at radius 2 is 1.24 bits per heavy atom. The lowest BCUT2D eigenvalue weighted by atomic mass is 10.1. The number of carbonyl (C=O) groups excluding carboxylic acids is 1. The number of hydrogen-bond acceptors (Lipinski definition) is 3. The van der Waals surface area contributed by atoms with Crippen molar-refractivity contribution in [3.63, 3.8) is 0 Å². The van der Waals surface area contributed by atoms with Gasteiger partial charge in [-0.1, -0.05) is 30.3 Å². The molecule has 0 aliphatic heterocycles. The molecular weight excluding hydrogens is 362 g/mol. The Hall–Kier alpha value is -3.79. The minimum Gasteiger partial charge on any atom is -0.497 e. The maximum absolute atomic E-state index is 13.2. The Morgan fingerprint density at radius 1 is 0.690 bits per heavy atom. The molecule has 0 saturated heterocycles. The zero-order valence-electron chi connectivity index (χ0n) is 16.3. The van der Waals surface area contributed by atoms with Crippen LogP contribution < -0.4 is 9.47 Å². The molecule has 0 bridgehead atoms. The Labute approximate surface area is 170 Å². The van der Waals surface area contributed by atoms with Gasteiger partial charge in [0.1, 0.15) is 11.5 Å². The van der Waals surface area contributed by atoms with E-state index in [0.29, 0.717) is 5.56 Å². The number of ether oxygens (including phenoxy) is 2. The summed E-state index contributed by atoms with van der Waals surface area (Å²) in [6.07, 6.45) is 1.89. The largest absolute Gasteiger partial charge is 0.497 e. The average molecular weight is 383 g/mol. The molecular formula is C25H21NO3. The molecule has 1 aromatic heterocycles. The van der Waals surface area contributed by atoms with Crippen molar-refractivity contribution in [1.82, 2.24) is 4.57 Å². The number of methoxy groups -OCH3 is 2. The second-order valence-electron chi connectivity index (χ2n) is 6.61. The van der Waals surface area contributed by atoms with Crippen molar-refractivity contribution >= 4 is 5.91 Å². The summed E-state index contributed by atoms with van der Waals surface area (Å²) in [6.45, 7) is 0. The normalized spacial score (nSPS) is 10.6. The highest BCUT2D eigenvalue weighted by molar-refractivity contribution is 5.99. The highest BCUT2D eigenvalue weighted by atomic mass is 16.5. The van der Waals surface area contributed by atoms with Gasteiger partial charge in [-0.2, -0.15) is 0 Å². The van der Waals surface area contributed by atoms with E-state index in [2.05, 4.69) is 0 Å². The maximum atomic E-state index is 13.2. The van der Waals surface area contributed by atoms with Crippen molar-refractivity contribution in [2.75, 3.05) is 14.2 Å². The fraction of sp³-hybridized carbons (Fsp3) is 0.0800. The van der Waals surface area contributed by atoms with Crippen molar-refractivity contribution in [1.29, 1.82) is 0 Å². The quantitative estimate of drug-likeness (QED) is 0.455. The van der Waals surface area contributed by atoms with Crippen LogP contribution in [0.25, 0.3) is 22.4 Å². The Kier molecular flexibility index (Phi) is 5.16. The molecule has 29 heavy (non-hydrogen) atoms. The fourth-order valence-electron chi connectivity index (χ4n) is 3.28. The van der Waals surface area contributed by atoms with Gasteiger partial charge in [-0.15, -0.1) is 0 Å². The van der Waals surface area contributed by atoms with E-state index in [0.717, 1.165) is 33.9 Å². The SMILES string of the molecule is COc1ccc(-c2cc(-c3ccc(OC)cc3)n(C(=O)c3ccccc3)c2)cc1. The second kappa shape index (κ2) is 8.07. The van der Waals surface area contributed by atoms with Crippen LogP contribution in [0.2, 0.25) is 0 Å². The Balaban J connectivity index is 1.82. The summed E-state index contributed by atoms with van der Waals surface area (Å²) >= 11 is 0. The summed E-state index contributed by atoms with van der Waals surface area (Å²) in [5.41, 5.74) is 4.38. The molecule has 0 radical (unpaired) electrons. The van der Waals surface area contributed by atoms with Crippen LogP contribution in [0.5, 0.6) is 11.5 Å². The van der Waals surface area contributed by atoms with Gasteiger partial charge in [0.25, 0.3) is 5.91 Å². The van der Waals surface area contributed by atoms with Gasteiger partial charge in [0.05, 0.1) is 19.9 Å². The van der Waals surface area contributed by atoms with E-state index in [-0.39, 0.29) is 5.91 Å². The van der Waals surface area contributed by atoms with Crippen molar-refractivity contribution < 1.29 is 14.3 Å². The number of rotatable bonds is 5. The smallest absolute Gasteiger partial charge is 0.262 e. The molecule has 144 valence electrons. The van der Waals surface area contributed by atoms with Crippen molar-refractivity contribution in [2.24, 2.45) is 0 Å². The molecule has 0 aliphatic carbocycles. The van der Waals surface area contributed by atoms with Crippen LogP contribution in [-0.4, -0.2) is 24.7 Å². The van der Waals surface area contributed by atoms with Gasteiger partial charge < -0.3 is 9.47 Å². The van der Waals surface area contributed by atoms with Crippen LogP contribution >= 0.6 is 0 Å². The van der Waals surface area contributed by atoms with E-state index in [4.69, 9.17) is 9.47 Å². The molecule has 1 heterocycles. The molecule has 0 fully saturated rings. The van der Waals surface area contributed by atoms with E-state index < -0.39 is 0 Å². The predicted octanol–water partition coefficient (Wildman–Crippen LogP) is 5.53. The topological polar surface area (TPSA) is 40.5 Å². The van der Waals surface area contributed by atoms with Gasteiger partial charge in [-0.3, -0.25) is 9.36 Å². The third-order valence-electron chi connectivity index (χ3n) is 4.87. The van der Waals surface area contributed by atoms with Crippen LogP contribution in [-0.2, 0) is 0 Å². The molecule has 0 amide bonds. The predicted molar refractivity (Wildman–Crippen MR) is 115 cm³/mol. The Bertz CT molecular complexity index is 1110. The lowest BCUT2D eigenvalue weighted by Crippen LogP contribution is -2.11. The van der Waals surface area contributed by atoms with E-state index >= 15 is 0 Å². The van der Waals surface area contributed by atoms with E-state index in [1.54, 1.807) is 18.8 Å². The highest BCUT2D eigenvalue weighted by Gasteiger charge is 2.16. The molecule has 4 rings (SSSR count). The molecule has 0 unspecified atom stereocenters. The van der Waals surface area contributed by atoms with Crippen LogP contribution in [0, 0.1) is 0 Å². The van der Waals surface area contributed by atoms with E-state index in [1.165, 1.54) is 0 Å². The maximum Gasteiger partial charge on any atom is 0.262 e. The fourth-order valence-corrected chi connectivity index (χ4v) is 3.28. The van der Waals surface area contributed by atoms with Gasteiger partial charge in [0, 0.05) is 17.3 Å². The lowest BCUT2D eigenvalue weighted by molar-refractivity contribution is 0.0962. The first-order valence-corrected chi connectivity index (χ1v) is 9.30. The molecule has 0 spiro atoms. The zero-order valence-corrected chi connectivity index (χ0v) is 16.3. The number of carbonyl (C=O) groups is 1. The number of nitrogens with zero attached hydrogens (tertiary/aromatic N) is 1. The van der Waals surface area contributed by atoms with E-state index in [9.17, 15) is 4.79 Å². The third-order valence-corrected chi connectivity index (χ3v) is 4.87. The molecule has 4 aromatic rings. The molecule has 0 aliphatic rings. The molecule has 4 heteroatoms. The first-order valence-electron chi connectivity index (χ1n) is 9.30. The monoisotopic (exact) mass is 383 g/mol. The lowest BCUT2D eigenvalue weighted by Gasteiger charge is -2.09. The van der Waals surface area contributed by atoms with Gasteiger partial charge in [0.2, 0.25) is 0 Å². The third kappa shape index (κ3) is 3.78. The summed E-state index contributed by atoms with van der Waals surface area (Å²) < 4.78 is 12.2. The first-order chi connectivity index (χ1) is 14.2. The van der Waals surface area contributed by atoms with Crippen LogP contribution in [0.3, 0.4) is 0 Å². The summed E-state index contributed by atoms with van der Waals surface area (Å²) in [7, 11) is 3.28. The summed E-state index contributed by atoms with van der Waals surface area (Å²) in [4.78, 5) is 13.2. The molecule has 0 N–H and O–H groups in total. The molecule has 3 aromatic carbocycles. The average Bonchev–Trinajstić information content (AvgIpc) is 3.24. The second-order valence-corrected chi connectivity index (χ2v) is 6.61. The first kappa shape index (κ1) is 18.6. The number of hydrogen-bond donors (Lipinski definition) is 0. The van der Waals surface area contributed by atoms with Gasteiger partial charge in [0.15, 0.2) is 0 Å². The zero-order chi connectivity index (χ0) is 20.2. The summed E-state index contributed by atoms with van der Waals surface area (Å²) in [6, 6.07) is 26.8. The van der Waals surface area contributed by atoms with Crippen molar-refractivity contribution in [3.05, 3.63) is 96.7 Å². The van der Waals surface area contributed by atoms with Crippen LogP contribution in [0.4, 0.5) is 0 Å². The van der Waals surface area contributed by atoms with Gasteiger partial charge >= 0.3 is 0 Å². The van der Waals surface area contributed by atoms with E-state index in [1.807, 2.05) is 91.1 Å². The van der Waals surface area contributed by atoms with Crippen molar-refractivity contribution in [2.45, 2.75) is 0 Å². The molecule has 0 saturated carbocycles. The van der Waals surface area contributed by atoms with Crippen molar-refractivity contribution in [3.8, 4) is 33.9 Å². The number of aromatic nitrogens is 1. The van der Waals surface area contributed by atoms with Gasteiger partial charge in [-0.25, -0.2) is 0 Å². The van der Waals surface area contributed by atoms with Crippen LogP contribution in [0.15, 0.2) is 91.1 Å². The van der Waals surface area contributed by atoms with Gasteiger partial charge in [-0.05, 0) is 65.7 Å². The summed E-state index contributed by atoms with van der Waals surface area (Å²) in [5.74, 6) is 1.50. The highest BCUT2D eigenvalue weighted by Crippen LogP contribution is 2.31. The minimum atomic E-state index is -0.0730. The molecule has 0 atom stereocenters. The number of benzene rings is 3. The minimum absolute atomic E-state index is 0.0730. The van der Waals surface area contributed by atoms with Crippen LogP contribution in [0.1, 0.15) is 10.4 Å².